The van der Waals surface area contributed by atoms with Crippen LogP contribution in [0, 0.1) is 0 Å². The molecule has 2 rings (SSSR count). The third-order valence-corrected chi connectivity index (χ3v) is 4.12. The van der Waals surface area contributed by atoms with Gasteiger partial charge in [0.05, 0.1) is 24.0 Å². The lowest BCUT2D eigenvalue weighted by atomic mass is 10.2. The van der Waals surface area contributed by atoms with Crippen LogP contribution in [-0.2, 0) is 9.59 Å². The van der Waals surface area contributed by atoms with E-state index in [1.807, 2.05) is 0 Å². The predicted molar refractivity (Wildman–Crippen MR) is 84.2 cm³/mol. The molecule has 8 heteroatoms. The van der Waals surface area contributed by atoms with Crippen molar-refractivity contribution in [3.8, 4) is 11.5 Å². The molecule has 0 radical (unpaired) electrons. The number of phenols is 1. The molecular formula is C14H12NO5S2-. The van der Waals surface area contributed by atoms with E-state index < -0.39 is 18.4 Å². The standard InChI is InChI=1S/C14H13NO5S2/c1-2-20-10-5-8(3-4-9(10)16)6-11-13(19)15(7-12(17)18)14(21)22-11/h3-6,16H,2,7H2,1H3,(H,17,18)/p-1/b11-6-. The van der Waals surface area contributed by atoms with Crippen molar-refractivity contribution in [1.82, 2.24) is 4.90 Å². The molecule has 0 unspecified atom stereocenters. The van der Waals surface area contributed by atoms with E-state index in [0.29, 0.717) is 22.8 Å². The molecule has 1 heterocycles. The van der Waals surface area contributed by atoms with E-state index in [4.69, 9.17) is 17.0 Å². The van der Waals surface area contributed by atoms with Crippen molar-refractivity contribution in [3.05, 3.63) is 28.7 Å². The maximum Gasteiger partial charge on any atom is 0.266 e. The molecule has 0 aromatic heterocycles. The first-order chi connectivity index (χ1) is 10.4. The summed E-state index contributed by atoms with van der Waals surface area (Å²) in [6.45, 7) is 1.61. The summed E-state index contributed by atoms with van der Waals surface area (Å²) >= 11 is 6.01. The Morgan fingerprint density at radius 3 is 2.91 bits per heavy atom. The zero-order chi connectivity index (χ0) is 16.3. The van der Waals surface area contributed by atoms with Gasteiger partial charge in [-0.1, -0.05) is 30.0 Å². The molecule has 1 N–H and O–H groups in total. The van der Waals surface area contributed by atoms with Crippen molar-refractivity contribution < 1.29 is 24.5 Å². The van der Waals surface area contributed by atoms with E-state index in [-0.39, 0.29) is 10.1 Å². The van der Waals surface area contributed by atoms with E-state index >= 15 is 0 Å². The maximum atomic E-state index is 12.1. The molecular weight excluding hydrogens is 326 g/mol. The van der Waals surface area contributed by atoms with Crippen LogP contribution in [-0.4, -0.2) is 39.4 Å². The Morgan fingerprint density at radius 2 is 2.27 bits per heavy atom. The predicted octanol–water partition coefficient (Wildman–Crippen LogP) is 0.742. The van der Waals surface area contributed by atoms with Gasteiger partial charge >= 0.3 is 0 Å². The molecule has 0 aliphatic carbocycles. The van der Waals surface area contributed by atoms with Crippen LogP contribution in [0.15, 0.2) is 23.1 Å². The number of aliphatic carboxylic acids is 1. The van der Waals surface area contributed by atoms with Crippen LogP contribution in [0.2, 0.25) is 0 Å². The van der Waals surface area contributed by atoms with Crippen molar-refractivity contribution in [1.29, 1.82) is 0 Å². The fourth-order valence-corrected chi connectivity index (χ4v) is 3.06. The highest BCUT2D eigenvalue weighted by molar-refractivity contribution is 8.26. The lowest BCUT2D eigenvalue weighted by Crippen LogP contribution is -2.40. The van der Waals surface area contributed by atoms with Gasteiger partial charge in [-0.25, -0.2) is 0 Å². The van der Waals surface area contributed by atoms with Crippen molar-refractivity contribution in [2.24, 2.45) is 0 Å². The number of hydrogen-bond donors (Lipinski definition) is 1. The minimum Gasteiger partial charge on any atom is -0.548 e. The quantitative estimate of drug-likeness (QED) is 0.625. The molecule has 0 spiro atoms. The average Bonchev–Trinajstić information content (AvgIpc) is 2.70. The van der Waals surface area contributed by atoms with Gasteiger partial charge in [-0.2, -0.15) is 0 Å². The number of ether oxygens (including phenoxy) is 1. The number of nitrogens with zero attached hydrogens (tertiary/aromatic N) is 1. The van der Waals surface area contributed by atoms with Gasteiger partial charge in [-0.05, 0) is 30.7 Å². The molecule has 0 atom stereocenters. The van der Waals surface area contributed by atoms with E-state index in [2.05, 4.69) is 0 Å². The Labute approximate surface area is 136 Å². The summed E-state index contributed by atoms with van der Waals surface area (Å²) in [4.78, 5) is 24.0. The van der Waals surface area contributed by atoms with Crippen LogP contribution in [0.3, 0.4) is 0 Å². The first-order valence-corrected chi connectivity index (χ1v) is 7.56. The zero-order valence-corrected chi connectivity index (χ0v) is 13.2. The molecule has 1 saturated heterocycles. The number of carboxylic acid groups (broad SMARTS) is 1. The molecule has 116 valence electrons. The van der Waals surface area contributed by atoms with Gasteiger partial charge in [0.25, 0.3) is 5.91 Å². The summed E-state index contributed by atoms with van der Waals surface area (Å²) < 4.78 is 5.44. The van der Waals surface area contributed by atoms with Crippen molar-refractivity contribution >= 4 is 46.3 Å². The fourth-order valence-electron chi connectivity index (χ4n) is 1.81. The summed E-state index contributed by atoms with van der Waals surface area (Å²) in [5, 5.41) is 20.3. The highest BCUT2D eigenvalue weighted by Crippen LogP contribution is 2.34. The van der Waals surface area contributed by atoms with Crippen molar-refractivity contribution in [3.63, 3.8) is 0 Å². The van der Waals surface area contributed by atoms with Crippen LogP contribution in [0.5, 0.6) is 11.5 Å². The largest absolute Gasteiger partial charge is 0.548 e. The van der Waals surface area contributed by atoms with Crippen LogP contribution >= 0.6 is 24.0 Å². The molecule has 22 heavy (non-hydrogen) atoms. The highest BCUT2D eigenvalue weighted by Gasteiger charge is 2.31. The van der Waals surface area contributed by atoms with E-state index in [0.717, 1.165) is 16.7 Å². The molecule has 1 aromatic rings. The fraction of sp³-hybridized carbons (Fsp3) is 0.214. The van der Waals surface area contributed by atoms with Crippen LogP contribution < -0.4 is 9.84 Å². The van der Waals surface area contributed by atoms with Crippen LogP contribution in [0.4, 0.5) is 0 Å². The normalized spacial score (nSPS) is 16.4. The van der Waals surface area contributed by atoms with Gasteiger partial charge in [0.2, 0.25) is 0 Å². The number of thioether (sulfide) groups is 1. The third kappa shape index (κ3) is 3.58. The maximum absolute atomic E-state index is 12.1. The molecule has 1 aliphatic rings. The molecule has 0 bridgehead atoms. The summed E-state index contributed by atoms with van der Waals surface area (Å²) in [5.74, 6) is -1.55. The second kappa shape index (κ2) is 6.80. The first kappa shape index (κ1) is 16.3. The Balaban J connectivity index is 2.26. The SMILES string of the molecule is CCOc1cc(/C=C2\SC(=S)N(CC(=O)[O-])C2=O)ccc1O. The monoisotopic (exact) mass is 338 g/mol. The number of carboxylic acids is 1. The Morgan fingerprint density at radius 1 is 1.55 bits per heavy atom. The van der Waals surface area contributed by atoms with Crippen molar-refractivity contribution in [2.45, 2.75) is 6.92 Å². The number of carbonyl (C=O) groups is 2. The Hall–Kier alpha value is -2.06. The van der Waals surface area contributed by atoms with Gasteiger partial charge in [0.1, 0.15) is 4.32 Å². The van der Waals surface area contributed by atoms with E-state index in [9.17, 15) is 19.8 Å². The topological polar surface area (TPSA) is 89.9 Å². The van der Waals surface area contributed by atoms with Gasteiger partial charge in [0.15, 0.2) is 11.5 Å². The van der Waals surface area contributed by atoms with Gasteiger partial charge in [-0.15, -0.1) is 0 Å². The highest BCUT2D eigenvalue weighted by atomic mass is 32.2. The average molecular weight is 338 g/mol. The number of rotatable bonds is 5. The Kier molecular flexibility index (Phi) is 5.04. The molecule has 6 nitrogen and oxygen atoms in total. The molecule has 1 fully saturated rings. The summed E-state index contributed by atoms with van der Waals surface area (Å²) in [7, 11) is 0. The van der Waals surface area contributed by atoms with Crippen LogP contribution in [0.25, 0.3) is 6.08 Å². The molecule has 1 aromatic carbocycles. The zero-order valence-electron chi connectivity index (χ0n) is 11.6. The van der Waals surface area contributed by atoms with Gasteiger partial charge < -0.3 is 19.7 Å². The molecule has 0 saturated carbocycles. The van der Waals surface area contributed by atoms with Gasteiger partial charge in [-0.3, -0.25) is 9.69 Å². The number of hydrogen-bond acceptors (Lipinski definition) is 7. The summed E-state index contributed by atoms with van der Waals surface area (Å²) in [5.41, 5.74) is 0.634. The summed E-state index contributed by atoms with van der Waals surface area (Å²) in [6, 6.07) is 4.66. The molecule has 1 aliphatic heterocycles. The molecule has 1 amide bonds. The minimum absolute atomic E-state index is 0.00324. The lowest BCUT2D eigenvalue weighted by molar-refractivity contribution is -0.305. The number of carbonyl (C=O) groups excluding carboxylic acids is 2. The second-order valence-electron chi connectivity index (χ2n) is 4.30. The van der Waals surface area contributed by atoms with Crippen molar-refractivity contribution in [2.75, 3.05) is 13.2 Å². The number of amides is 1. The van der Waals surface area contributed by atoms with E-state index in [1.165, 1.54) is 6.07 Å². The number of benzene rings is 1. The number of phenolic OH excluding ortho intramolecular Hbond substituents is 1. The number of thiocarbonyl (C=S) groups is 1. The second-order valence-corrected chi connectivity index (χ2v) is 5.98. The third-order valence-electron chi connectivity index (χ3n) is 2.74. The lowest BCUT2D eigenvalue weighted by Gasteiger charge is -2.14. The van der Waals surface area contributed by atoms with Crippen LogP contribution in [0.1, 0.15) is 12.5 Å². The minimum atomic E-state index is -1.37. The number of aromatic hydroxyl groups is 1. The smallest absolute Gasteiger partial charge is 0.266 e. The van der Waals surface area contributed by atoms with Gasteiger partial charge in [0, 0.05) is 0 Å². The first-order valence-electron chi connectivity index (χ1n) is 6.33. The summed E-state index contributed by atoms with van der Waals surface area (Å²) in [6.07, 6.45) is 1.57. The van der Waals surface area contributed by atoms with E-state index in [1.54, 1.807) is 25.1 Å². The Bertz CT molecular complexity index is 671.